The summed E-state index contributed by atoms with van der Waals surface area (Å²) in [5, 5.41) is 3.66. The van der Waals surface area contributed by atoms with Crippen LogP contribution in [0.5, 0.6) is 0 Å². The van der Waals surface area contributed by atoms with Crippen molar-refractivity contribution in [1.82, 2.24) is 10.2 Å². The number of rotatable bonds is 5. The van der Waals surface area contributed by atoms with Crippen molar-refractivity contribution in [2.45, 2.75) is 76.6 Å². The van der Waals surface area contributed by atoms with Crippen LogP contribution in [-0.2, 0) is 0 Å². The minimum absolute atomic E-state index is 0.234. The first-order valence-electron chi connectivity index (χ1n) is 8.54. The van der Waals surface area contributed by atoms with Crippen molar-refractivity contribution < 1.29 is 13.2 Å². The normalized spacial score (nSPS) is 29.7. The lowest BCUT2D eigenvalue weighted by Crippen LogP contribution is -2.58. The fourth-order valence-electron chi connectivity index (χ4n) is 3.89. The Balaban J connectivity index is 1.83. The molecule has 21 heavy (non-hydrogen) atoms. The van der Waals surface area contributed by atoms with Gasteiger partial charge >= 0.3 is 6.18 Å². The van der Waals surface area contributed by atoms with Crippen molar-refractivity contribution in [3.63, 3.8) is 0 Å². The van der Waals surface area contributed by atoms with Gasteiger partial charge in [0.1, 0.15) is 0 Å². The fraction of sp³-hybridized carbons (Fsp3) is 1.00. The van der Waals surface area contributed by atoms with E-state index >= 15 is 0 Å². The molecule has 0 spiro atoms. The number of alkyl halides is 3. The molecule has 0 amide bonds. The lowest BCUT2D eigenvalue weighted by molar-refractivity contribution is -0.136. The molecule has 0 aromatic heterocycles. The summed E-state index contributed by atoms with van der Waals surface area (Å²) in [4.78, 5) is 2.31. The van der Waals surface area contributed by atoms with Gasteiger partial charge < -0.3 is 5.32 Å². The highest BCUT2D eigenvalue weighted by molar-refractivity contribution is 4.90. The topological polar surface area (TPSA) is 15.3 Å². The first kappa shape index (κ1) is 17.1. The van der Waals surface area contributed by atoms with Crippen molar-refractivity contribution in [1.29, 1.82) is 0 Å². The van der Waals surface area contributed by atoms with Crippen molar-refractivity contribution in [2.24, 2.45) is 5.92 Å². The molecule has 0 aromatic carbocycles. The molecule has 2 rings (SSSR count). The van der Waals surface area contributed by atoms with Gasteiger partial charge in [0.05, 0.1) is 0 Å². The number of hydrogen-bond donors (Lipinski definition) is 1. The molecule has 2 fully saturated rings. The molecule has 1 aliphatic heterocycles. The van der Waals surface area contributed by atoms with Crippen LogP contribution in [0.1, 0.15) is 58.3 Å². The van der Waals surface area contributed by atoms with Crippen LogP contribution in [0.3, 0.4) is 0 Å². The first-order chi connectivity index (χ1) is 9.99. The molecule has 1 N–H and O–H groups in total. The number of nitrogens with zero attached hydrogens (tertiary/aromatic N) is 1. The van der Waals surface area contributed by atoms with Gasteiger partial charge in [-0.2, -0.15) is 13.2 Å². The minimum Gasteiger partial charge on any atom is -0.311 e. The summed E-state index contributed by atoms with van der Waals surface area (Å²) in [6.07, 6.45) is 3.11. The number of hydrogen-bond acceptors (Lipinski definition) is 2. The summed E-state index contributed by atoms with van der Waals surface area (Å²) < 4.78 is 37.0. The molecule has 2 nitrogen and oxygen atoms in total. The average molecular weight is 306 g/mol. The molecule has 1 saturated heterocycles. The van der Waals surface area contributed by atoms with Gasteiger partial charge in [-0.1, -0.05) is 26.2 Å². The molecule has 1 heterocycles. The highest BCUT2D eigenvalue weighted by atomic mass is 19.4. The first-order valence-corrected chi connectivity index (χ1v) is 8.54. The smallest absolute Gasteiger partial charge is 0.311 e. The van der Waals surface area contributed by atoms with E-state index in [0.29, 0.717) is 18.6 Å². The molecule has 2 aliphatic rings. The summed E-state index contributed by atoms with van der Waals surface area (Å²) >= 11 is 0. The second kappa shape index (κ2) is 7.82. The fourth-order valence-corrected chi connectivity index (χ4v) is 3.89. The average Bonchev–Trinajstić information content (AvgIpc) is 2.47. The van der Waals surface area contributed by atoms with Crippen molar-refractivity contribution in [2.75, 3.05) is 19.6 Å². The van der Waals surface area contributed by atoms with Gasteiger partial charge in [0, 0.05) is 31.6 Å². The zero-order valence-electron chi connectivity index (χ0n) is 13.1. The van der Waals surface area contributed by atoms with Crippen LogP contribution >= 0.6 is 0 Å². The summed E-state index contributed by atoms with van der Waals surface area (Å²) in [6.45, 7) is 4.58. The zero-order valence-corrected chi connectivity index (χ0v) is 13.1. The number of piperazine rings is 1. The molecule has 1 aliphatic carbocycles. The van der Waals surface area contributed by atoms with E-state index < -0.39 is 12.6 Å². The van der Waals surface area contributed by atoms with Gasteiger partial charge in [-0.25, -0.2) is 0 Å². The predicted octanol–water partition coefficient (Wildman–Crippen LogP) is 3.96. The molecule has 5 heteroatoms. The van der Waals surface area contributed by atoms with Crippen LogP contribution in [0.25, 0.3) is 0 Å². The van der Waals surface area contributed by atoms with E-state index in [9.17, 15) is 13.2 Å². The van der Waals surface area contributed by atoms with Crippen LogP contribution in [-0.4, -0.2) is 42.8 Å². The third kappa shape index (κ3) is 5.44. The van der Waals surface area contributed by atoms with Crippen molar-refractivity contribution >= 4 is 0 Å². The Bertz CT molecular complexity index is 300. The van der Waals surface area contributed by atoms with Crippen LogP contribution in [0.4, 0.5) is 13.2 Å². The van der Waals surface area contributed by atoms with Gasteiger partial charge in [0.15, 0.2) is 0 Å². The van der Waals surface area contributed by atoms with E-state index in [1.807, 2.05) is 0 Å². The third-order valence-electron chi connectivity index (χ3n) is 5.16. The predicted molar refractivity (Wildman–Crippen MR) is 79.3 cm³/mol. The highest BCUT2D eigenvalue weighted by Gasteiger charge is 2.33. The quantitative estimate of drug-likeness (QED) is 0.827. The van der Waals surface area contributed by atoms with Gasteiger partial charge in [-0.05, 0) is 38.1 Å². The Morgan fingerprint density at radius 2 is 1.86 bits per heavy atom. The van der Waals surface area contributed by atoms with E-state index in [1.54, 1.807) is 0 Å². The van der Waals surface area contributed by atoms with E-state index in [1.165, 1.54) is 32.1 Å². The number of halogens is 3. The van der Waals surface area contributed by atoms with Gasteiger partial charge in [-0.15, -0.1) is 0 Å². The van der Waals surface area contributed by atoms with Gasteiger partial charge in [0.25, 0.3) is 0 Å². The van der Waals surface area contributed by atoms with E-state index in [2.05, 4.69) is 17.1 Å². The molecule has 2 atom stereocenters. The maximum Gasteiger partial charge on any atom is 0.389 e. The van der Waals surface area contributed by atoms with Crippen molar-refractivity contribution in [3.05, 3.63) is 0 Å². The number of nitrogens with one attached hydrogen (secondary N) is 1. The maximum absolute atomic E-state index is 12.3. The second-order valence-corrected chi connectivity index (χ2v) is 6.69. The van der Waals surface area contributed by atoms with Gasteiger partial charge in [-0.3, -0.25) is 4.90 Å². The summed E-state index contributed by atoms with van der Waals surface area (Å²) in [5.74, 6) is 0.724. The van der Waals surface area contributed by atoms with Crippen molar-refractivity contribution in [3.8, 4) is 0 Å². The summed E-state index contributed by atoms with van der Waals surface area (Å²) in [7, 11) is 0. The maximum atomic E-state index is 12.3. The lowest BCUT2D eigenvalue weighted by Gasteiger charge is -2.44. The summed E-state index contributed by atoms with van der Waals surface area (Å²) in [5.41, 5.74) is 0. The summed E-state index contributed by atoms with van der Waals surface area (Å²) in [6, 6.07) is 0.886. The standard InChI is InChI=1S/C16H29F3N2/c1-2-14-11-20-15(13-7-4-3-5-8-13)12-21(14)10-6-9-16(17,18)19/h13-15,20H,2-12H2,1H3. The van der Waals surface area contributed by atoms with Crippen LogP contribution in [0, 0.1) is 5.92 Å². The molecular formula is C16H29F3N2. The Morgan fingerprint density at radius 3 is 2.48 bits per heavy atom. The SMILES string of the molecule is CCC1CNC(C2CCCCC2)CN1CCCC(F)(F)F. The van der Waals surface area contributed by atoms with E-state index in [4.69, 9.17) is 0 Å². The van der Waals surface area contributed by atoms with E-state index in [0.717, 1.165) is 25.4 Å². The lowest BCUT2D eigenvalue weighted by atomic mass is 9.82. The van der Waals surface area contributed by atoms with Crippen LogP contribution in [0.2, 0.25) is 0 Å². The third-order valence-corrected chi connectivity index (χ3v) is 5.16. The molecule has 1 saturated carbocycles. The van der Waals surface area contributed by atoms with E-state index in [-0.39, 0.29) is 6.42 Å². The molecule has 124 valence electrons. The molecule has 0 aromatic rings. The highest BCUT2D eigenvalue weighted by Crippen LogP contribution is 2.29. The molecule has 2 unspecified atom stereocenters. The Labute approximate surface area is 126 Å². The zero-order chi connectivity index (χ0) is 15.3. The Morgan fingerprint density at radius 1 is 1.14 bits per heavy atom. The van der Waals surface area contributed by atoms with Crippen LogP contribution < -0.4 is 5.32 Å². The Hall–Kier alpha value is -0.290. The second-order valence-electron chi connectivity index (χ2n) is 6.69. The monoisotopic (exact) mass is 306 g/mol. The Kier molecular flexibility index (Phi) is 6.35. The van der Waals surface area contributed by atoms with Gasteiger partial charge in [0.2, 0.25) is 0 Å². The van der Waals surface area contributed by atoms with Crippen LogP contribution in [0.15, 0.2) is 0 Å². The molecular weight excluding hydrogens is 277 g/mol. The molecule has 0 bridgehead atoms. The minimum atomic E-state index is -4.02. The molecule has 0 radical (unpaired) electrons. The largest absolute Gasteiger partial charge is 0.389 e.